The number of aliphatic hydroxyl groups is 1. The molecule has 1 aromatic carbocycles. The smallest absolute Gasteiger partial charge is 0.273 e. The number of benzene rings is 1. The van der Waals surface area contributed by atoms with Gasteiger partial charge in [-0.05, 0) is 12.1 Å². The van der Waals surface area contributed by atoms with Crippen molar-refractivity contribution in [2.24, 2.45) is 5.73 Å². The Morgan fingerprint density at radius 1 is 1.61 bits per heavy atom. The van der Waals surface area contributed by atoms with Crippen molar-refractivity contribution in [3.63, 3.8) is 0 Å². The van der Waals surface area contributed by atoms with Crippen LogP contribution in [0.3, 0.4) is 0 Å². The van der Waals surface area contributed by atoms with E-state index < -0.39 is 16.9 Å². The molecule has 7 nitrogen and oxygen atoms in total. The van der Waals surface area contributed by atoms with Crippen LogP contribution in [0.1, 0.15) is 5.56 Å². The van der Waals surface area contributed by atoms with Gasteiger partial charge >= 0.3 is 0 Å². The number of halogens is 1. The number of nitrogens with zero attached hydrogens (tertiary/aromatic N) is 1. The van der Waals surface area contributed by atoms with Crippen LogP contribution >= 0.6 is 15.9 Å². The van der Waals surface area contributed by atoms with Crippen molar-refractivity contribution in [3.05, 3.63) is 38.3 Å². The maximum absolute atomic E-state index is 10.8. The molecule has 8 heteroatoms. The summed E-state index contributed by atoms with van der Waals surface area (Å²) < 4.78 is 0.709. The van der Waals surface area contributed by atoms with Crippen molar-refractivity contribution in [2.75, 3.05) is 6.54 Å². The van der Waals surface area contributed by atoms with Crippen LogP contribution in [0.2, 0.25) is 0 Å². The number of hydrogen-bond donors (Lipinski definition) is 3. The Bertz CT molecular complexity index is 466. The molecule has 0 aromatic heterocycles. The Morgan fingerprint density at radius 2 is 2.28 bits per heavy atom. The number of nitro benzene ring substituents is 1. The van der Waals surface area contributed by atoms with E-state index in [4.69, 9.17) is 10.8 Å². The van der Waals surface area contributed by atoms with Gasteiger partial charge in [-0.2, -0.15) is 0 Å². The SMILES string of the molecule is NC(=O)C(O)CNCc1cc(Br)ccc1[N+](=O)[O-]. The number of rotatable bonds is 6. The van der Waals surface area contributed by atoms with Gasteiger partial charge in [-0.15, -0.1) is 0 Å². The van der Waals surface area contributed by atoms with Gasteiger partial charge in [-0.1, -0.05) is 15.9 Å². The van der Waals surface area contributed by atoms with Crippen molar-refractivity contribution in [1.29, 1.82) is 0 Å². The molecule has 1 unspecified atom stereocenters. The van der Waals surface area contributed by atoms with E-state index in [2.05, 4.69) is 21.2 Å². The van der Waals surface area contributed by atoms with Gasteiger partial charge in [-0.3, -0.25) is 14.9 Å². The molecule has 1 aromatic rings. The average molecular weight is 318 g/mol. The van der Waals surface area contributed by atoms with Crippen LogP contribution in [0.4, 0.5) is 5.69 Å². The Hall–Kier alpha value is -1.51. The summed E-state index contributed by atoms with van der Waals surface area (Å²) in [5.74, 6) is -0.841. The third kappa shape index (κ3) is 4.06. The molecule has 98 valence electrons. The largest absolute Gasteiger partial charge is 0.382 e. The van der Waals surface area contributed by atoms with Gasteiger partial charge in [0.15, 0.2) is 0 Å². The number of aliphatic hydroxyl groups excluding tert-OH is 1. The fourth-order valence-corrected chi connectivity index (χ4v) is 1.73. The first-order valence-corrected chi connectivity index (χ1v) is 5.82. The molecule has 1 amide bonds. The predicted molar refractivity (Wildman–Crippen MR) is 67.7 cm³/mol. The number of carbonyl (C=O) groups excluding carboxylic acids is 1. The molecule has 4 N–H and O–H groups in total. The molecule has 0 bridgehead atoms. The van der Waals surface area contributed by atoms with E-state index in [1.807, 2.05) is 0 Å². The molecular formula is C10H12BrN3O4. The molecule has 0 aliphatic heterocycles. The summed E-state index contributed by atoms with van der Waals surface area (Å²) in [6, 6.07) is 4.55. The van der Waals surface area contributed by atoms with Crippen molar-refractivity contribution in [1.82, 2.24) is 5.32 Å². The van der Waals surface area contributed by atoms with Crippen LogP contribution in [-0.2, 0) is 11.3 Å². The zero-order valence-corrected chi connectivity index (χ0v) is 10.9. The van der Waals surface area contributed by atoms with E-state index in [1.165, 1.54) is 6.07 Å². The number of carbonyl (C=O) groups is 1. The first kappa shape index (κ1) is 14.6. The van der Waals surface area contributed by atoms with Gasteiger partial charge in [0, 0.05) is 29.2 Å². The molecule has 0 fully saturated rings. The van der Waals surface area contributed by atoms with Crippen LogP contribution < -0.4 is 11.1 Å². The highest BCUT2D eigenvalue weighted by molar-refractivity contribution is 9.10. The monoisotopic (exact) mass is 317 g/mol. The van der Waals surface area contributed by atoms with Gasteiger partial charge in [0.25, 0.3) is 5.69 Å². The lowest BCUT2D eigenvalue weighted by Gasteiger charge is -2.09. The Morgan fingerprint density at radius 3 is 2.83 bits per heavy atom. The Kier molecular flexibility index (Phi) is 5.20. The van der Waals surface area contributed by atoms with Crippen LogP contribution in [0.25, 0.3) is 0 Å². The normalized spacial score (nSPS) is 12.1. The lowest BCUT2D eigenvalue weighted by atomic mass is 10.2. The first-order valence-electron chi connectivity index (χ1n) is 5.02. The van der Waals surface area contributed by atoms with E-state index in [1.54, 1.807) is 12.1 Å². The Balaban J connectivity index is 2.69. The fourth-order valence-electron chi connectivity index (χ4n) is 1.32. The van der Waals surface area contributed by atoms with Gasteiger partial charge in [0.05, 0.1) is 4.92 Å². The third-order valence-corrected chi connectivity index (χ3v) is 2.71. The molecular weight excluding hydrogens is 306 g/mol. The number of nitrogens with two attached hydrogens (primary N) is 1. The highest BCUT2D eigenvalue weighted by atomic mass is 79.9. The van der Waals surface area contributed by atoms with E-state index in [-0.39, 0.29) is 18.8 Å². The summed E-state index contributed by atoms with van der Waals surface area (Å²) in [7, 11) is 0. The molecule has 0 saturated heterocycles. The van der Waals surface area contributed by atoms with Crippen molar-refractivity contribution in [3.8, 4) is 0 Å². The van der Waals surface area contributed by atoms with E-state index in [0.717, 1.165) is 0 Å². The third-order valence-electron chi connectivity index (χ3n) is 2.22. The van der Waals surface area contributed by atoms with E-state index in [0.29, 0.717) is 10.0 Å². The van der Waals surface area contributed by atoms with Crippen LogP contribution in [-0.4, -0.2) is 28.6 Å². The zero-order valence-electron chi connectivity index (χ0n) is 9.30. The second-order valence-electron chi connectivity index (χ2n) is 3.58. The summed E-state index contributed by atoms with van der Waals surface area (Å²) in [4.78, 5) is 20.9. The summed E-state index contributed by atoms with van der Waals surface area (Å²) in [5.41, 5.74) is 5.29. The highest BCUT2D eigenvalue weighted by Gasteiger charge is 2.15. The highest BCUT2D eigenvalue weighted by Crippen LogP contribution is 2.22. The molecule has 0 saturated carbocycles. The average Bonchev–Trinajstić information content (AvgIpc) is 2.28. The van der Waals surface area contributed by atoms with Crippen molar-refractivity contribution >= 4 is 27.5 Å². The first-order chi connectivity index (χ1) is 8.41. The standard InChI is InChI=1S/C10H12BrN3O4/c11-7-1-2-8(14(17)18)6(3-7)4-13-5-9(15)10(12)16/h1-3,9,13,15H,4-5H2,(H2,12,16). The molecule has 0 heterocycles. The predicted octanol–water partition coefficient (Wildman–Crippen LogP) is 0.293. The van der Waals surface area contributed by atoms with Crippen LogP contribution in [0, 0.1) is 10.1 Å². The van der Waals surface area contributed by atoms with Crippen LogP contribution in [0.5, 0.6) is 0 Å². The molecule has 1 atom stereocenters. The zero-order chi connectivity index (χ0) is 13.7. The maximum atomic E-state index is 10.8. The molecule has 0 spiro atoms. The lowest BCUT2D eigenvalue weighted by Crippen LogP contribution is -2.37. The lowest BCUT2D eigenvalue weighted by molar-refractivity contribution is -0.385. The minimum absolute atomic E-state index is 0.0285. The fraction of sp³-hybridized carbons (Fsp3) is 0.300. The van der Waals surface area contributed by atoms with Gasteiger partial charge in [0.2, 0.25) is 5.91 Å². The number of amides is 1. The summed E-state index contributed by atoms with van der Waals surface area (Å²) >= 11 is 3.22. The number of hydrogen-bond acceptors (Lipinski definition) is 5. The quantitative estimate of drug-likeness (QED) is 0.515. The summed E-state index contributed by atoms with van der Waals surface area (Å²) in [5, 5.41) is 22.7. The van der Waals surface area contributed by atoms with Crippen molar-refractivity contribution < 1.29 is 14.8 Å². The maximum Gasteiger partial charge on any atom is 0.273 e. The van der Waals surface area contributed by atoms with Gasteiger partial charge in [0.1, 0.15) is 6.10 Å². The summed E-state index contributed by atoms with van der Waals surface area (Å²) in [6.07, 6.45) is -1.31. The van der Waals surface area contributed by atoms with Crippen molar-refractivity contribution in [2.45, 2.75) is 12.6 Å². The number of primary amides is 1. The Labute approximate surface area is 111 Å². The number of nitrogens with one attached hydrogen (secondary N) is 1. The van der Waals surface area contributed by atoms with Gasteiger partial charge in [-0.25, -0.2) is 0 Å². The molecule has 18 heavy (non-hydrogen) atoms. The molecule has 0 aliphatic carbocycles. The minimum Gasteiger partial charge on any atom is -0.382 e. The molecule has 0 radical (unpaired) electrons. The number of nitro groups is 1. The summed E-state index contributed by atoms with van der Waals surface area (Å²) in [6.45, 7) is 0.0963. The second kappa shape index (κ2) is 6.43. The second-order valence-corrected chi connectivity index (χ2v) is 4.49. The van der Waals surface area contributed by atoms with Gasteiger partial charge < -0.3 is 16.2 Å². The van der Waals surface area contributed by atoms with Crippen LogP contribution in [0.15, 0.2) is 22.7 Å². The topological polar surface area (TPSA) is 118 Å². The minimum atomic E-state index is -1.31. The van der Waals surface area contributed by atoms with E-state index >= 15 is 0 Å². The molecule has 0 aliphatic rings. The van der Waals surface area contributed by atoms with E-state index in [9.17, 15) is 14.9 Å². The molecule has 1 rings (SSSR count).